The lowest BCUT2D eigenvalue weighted by Gasteiger charge is -2.18. The molecule has 1 aliphatic rings. The Morgan fingerprint density at radius 3 is 2.80 bits per heavy atom. The van der Waals surface area contributed by atoms with Crippen molar-refractivity contribution in [2.45, 2.75) is 40.0 Å². The van der Waals surface area contributed by atoms with Gasteiger partial charge in [0, 0.05) is 42.9 Å². The third kappa shape index (κ3) is 3.97. The highest BCUT2D eigenvalue weighted by Gasteiger charge is 2.25. The fraction of sp³-hybridized carbons (Fsp3) is 0.391. The highest BCUT2D eigenvalue weighted by Crippen LogP contribution is 2.30. The molecule has 1 aliphatic heterocycles. The van der Waals surface area contributed by atoms with Gasteiger partial charge >= 0.3 is 6.03 Å². The van der Waals surface area contributed by atoms with Crippen LogP contribution in [0.1, 0.15) is 38.1 Å². The first-order valence-corrected chi connectivity index (χ1v) is 10.5. The predicted molar refractivity (Wildman–Crippen MR) is 116 cm³/mol. The molecule has 1 fully saturated rings. The first kappa shape index (κ1) is 20.2. The minimum atomic E-state index is -0.444. The maximum absolute atomic E-state index is 14.6. The van der Waals surface area contributed by atoms with E-state index in [0.29, 0.717) is 18.1 Å². The molecule has 3 heterocycles. The zero-order valence-corrected chi connectivity index (χ0v) is 17.6. The number of carbonyl (C=O) groups is 1. The van der Waals surface area contributed by atoms with Crippen LogP contribution in [-0.2, 0) is 6.42 Å². The second-order valence-corrected chi connectivity index (χ2v) is 7.86. The van der Waals surface area contributed by atoms with Crippen molar-refractivity contribution in [2.24, 2.45) is 5.92 Å². The van der Waals surface area contributed by atoms with Crippen LogP contribution in [0.4, 0.5) is 14.9 Å². The summed E-state index contributed by atoms with van der Waals surface area (Å²) in [5.74, 6) is 0.826. The molecular formula is C23H26FN5O. The highest BCUT2D eigenvalue weighted by molar-refractivity contribution is 5.91. The number of anilines is 1. The van der Waals surface area contributed by atoms with Gasteiger partial charge < -0.3 is 10.2 Å². The number of carbonyl (C=O) groups excluding carboxylic acids is 1. The third-order valence-corrected chi connectivity index (χ3v) is 5.82. The van der Waals surface area contributed by atoms with Crippen LogP contribution in [0.5, 0.6) is 0 Å². The number of rotatable bonds is 4. The van der Waals surface area contributed by atoms with Crippen LogP contribution in [0.2, 0.25) is 0 Å². The van der Waals surface area contributed by atoms with Crippen molar-refractivity contribution in [3.8, 4) is 11.1 Å². The minimum Gasteiger partial charge on any atom is -0.324 e. The molecule has 156 valence electrons. The fourth-order valence-corrected chi connectivity index (χ4v) is 3.90. The van der Waals surface area contributed by atoms with Gasteiger partial charge in [0.25, 0.3) is 0 Å². The SMILES string of the molecule is CCc1ncc2cc(-c3cc(NC(=O)N4CC[C@@H](CC)C4)c(F)cc3C)cnc2n1. The third-order valence-electron chi connectivity index (χ3n) is 5.82. The lowest BCUT2D eigenvalue weighted by molar-refractivity contribution is 0.220. The number of amides is 2. The van der Waals surface area contributed by atoms with Gasteiger partial charge in [-0.25, -0.2) is 24.1 Å². The Hall–Kier alpha value is -3.09. The van der Waals surface area contributed by atoms with Crippen molar-refractivity contribution < 1.29 is 9.18 Å². The van der Waals surface area contributed by atoms with Crippen molar-refractivity contribution in [2.75, 3.05) is 18.4 Å². The molecule has 0 bridgehead atoms. The molecule has 7 heteroatoms. The Bertz CT molecular complexity index is 1100. The summed E-state index contributed by atoms with van der Waals surface area (Å²) in [7, 11) is 0. The number of benzene rings is 1. The smallest absolute Gasteiger partial charge is 0.321 e. The molecular weight excluding hydrogens is 381 g/mol. The average molecular weight is 407 g/mol. The van der Waals surface area contributed by atoms with Crippen molar-refractivity contribution >= 4 is 22.8 Å². The molecule has 1 atom stereocenters. The van der Waals surface area contributed by atoms with Crippen molar-refractivity contribution in [1.82, 2.24) is 19.9 Å². The largest absolute Gasteiger partial charge is 0.324 e. The molecule has 3 aromatic rings. The first-order valence-electron chi connectivity index (χ1n) is 10.5. The molecule has 1 saturated heterocycles. The summed E-state index contributed by atoms with van der Waals surface area (Å²) < 4.78 is 14.6. The second kappa shape index (κ2) is 8.34. The summed E-state index contributed by atoms with van der Waals surface area (Å²) in [5.41, 5.74) is 3.23. The minimum absolute atomic E-state index is 0.179. The summed E-state index contributed by atoms with van der Waals surface area (Å²) in [6.07, 6.45) is 6.28. The number of aryl methyl sites for hydroxylation is 2. The van der Waals surface area contributed by atoms with Crippen LogP contribution in [0.3, 0.4) is 0 Å². The van der Waals surface area contributed by atoms with Crippen LogP contribution in [-0.4, -0.2) is 39.0 Å². The number of hydrogen-bond donors (Lipinski definition) is 1. The van der Waals surface area contributed by atoms with Crippen LogP contribution in [0.25, 0.3) is 22.2 Å². The molecule has 0 aliphatic carbocycles. The van der Waals surface area contributed by atoms with E-state index in [9.17, 15) is 9.18 Å². The zero-order chi connectivity index (χ0) is 21.3. The number of nitrogens with one attached hydrogen (secondary N) is 1. The normalized spacial score (nSPS) is 16.3. The number of urea groups is 1. The Kier molecular flexibility index (Phi) is 5.61. The number of halogens is 1. The highest BCUT2D eigenvalue weighted by atomic mass is 19.1. The predicted octanol–water partition coefficient (Wildman–Crippen LogP) is 4.97. The van der Waals surface area contributed by atoms with Crippen molar-refractivity contribution in [3.05, 3.63) is 47.8 Å². The van der Waals surface area contributed by atoms with Gasteiger partial charge in [-0.05, 0) is 48.6 Å². The number of likely N-dealkylation sites (tertiary alicyclic amines) is 1. The number of aromatic nitrogens is 3. The van der Waals surface area contributed by atoms with Crippen LogP contribution in [0.15, 0.2) is 30.6 Å². The standard InChI is InChI=1S/C23H26FN5O/c1-4-15-6-7-29(13-15)23(30)27-20-10-18(14(3)8-19(20)24)16-9-17-12-25-21(5-2)28-22(17)26-11-16/h8-12,15H,4-7,13H2,1-3H3,(H,27,30)/t15-/m1/s1. The van der Waals surface area contributed by atoms with E-state index >= 15 is 0 Å². The van der Waals surface area contributed by atoms with Gasteiger partial charge in [-0.2, -0.15) is 0 Å². The topological polar surface area (TPSA) is 71.0 Å². The summed E-state index contributed by atoms with van der Waals surface area (Å²) >= 11 is 0. The number of hydrogen-bond acceptors (Lipinski definition) is 4. The maximum Gasteiger partial charge on any atom is 0.321 e. The number of nitrogens with zero attached hydrogens (tertiary/aromatic N) is 4. The molecule has 0 radical (unpaired) electrons. The molecule has 0 saturated carbocycles. The lowest BCUT2D eigenvalue weighted by atomic mass is 10.0. The molecule has 1 aromatic carbocycles. The maximum atomic E-state index is 14.6. The van der Waals surface area contributed by atoms with Gasteiger partial charge in [-0.3, -0.25) is 0 Å². The molecule has 1 N–H and O–H groups in total. The van der Waals surface area contributed by atoms with E-state index in [1.165, 1.54) is 6.07 Å². The summed E-state index contributed by atoms with van der Waals surface area (Å²) in [6.45, 7) is 7.40. The Balaban J connectivity index is 1.63. The van der Waals surface area contributed by atoms with E-state index in [4.69, 9.17) is 0 Å². The summed E-state index contributed by atoms with van der Waals surface area (Å²) in [4.78, 5) is 27.6. The second-order valence-electron chi connectivity index (χ2n) is 7.86. The molecule has 2 aromatic heterocycles. The van der Waals surface area contributed by atoms with Gasteiger partial charge in [0.15, 0.2) is 5.65 Å². The molecule has 6 nitrogen and oxygen atoms in total. The zero-order valence-electron chi connectivity index (χ0n) is 17.6. The quantitative estimate of drug-likeness (QED) is 0.663. The summed E-state index contributed by atoms with van der Waals surface area (Å²) in [5, 5.41) is 3.57. The molecule has 4 rings (SSSR count). The van der Waals surface area contributed by atoms with Crippen LogP contribution < -0.4 is 5.32 Å². The van der Waals surface area contributed by atoms with E-state index in [0.717, 1.165) is 53.7 Å². The average Bonchev–Trinajstić information content (AvgIpc) is 3.24. The van der Waals surface area contributed by atoms with Gasteiger partial charge in [0.05, 0.1) is 5.69 Å². The molecule has 0 spiro atoms. The van der Waals surface area contributed by atoms with Gasteiger partial charge in [-0.1, -0.05) is 20.3 Å². The monoisotopic (exact) mass is 407 g/mol. The van der Waals surface area contributed by atoms with Crippen LogP contribution >= 0.6 is 0 Å². The summed E-state index contributed by atoms with van der Waals surface area (Å²) in [6, 6.07) is 4.82. The molecule has 2 amide bonds. The van der Waals surface area contributed by atoms with Gasteiger partial charge in [0.2, 0.25) is 0 Å². The Labute approximate surface area is 175 Å². The van der Waals surface area contributed by atoms with E-state index in [2.05, 4.69) is 27.2 Å². The van der Waals surface area contributed by atoms with Crippen molar-refractivity contribution in [1.29, 1.82) is 0 Å². The van der Waals surface area contributed by atoms with Gasteiger partial charge in [0.1, 0.15) is 11.6 Å². The molecule has 30 heavy (non-hydrogen) atoms. The number of pyridine rings is 1. The Morgan fingerprint density at radius 1 is 1.23 bits per heavy atom. The van der Waals surface area contributed by atoms with E-state index in [-0.39, 0.29) is 11.7 Å². The van der Waals surface area contributed by atoms with Gasteiger partial charge in [-0.15, -0.1) is 0 Å². The first-order chi connectivity index (χ1) is 14.5. The van der Waals surface area contributed by atoms with E-state index in [1.807, 2.05) is 19.9 Å². The molecule has 0 unspecified atom stereocenters. The fourth-order valence-electron chi connectivity index (χ4n) is 3.90. The number of fused-ring (bicyclic) bond motifs is 1. The van der Waals surface area contributed by atoms with E-state index < -0.39 is 5.82 Å². The Morgan fingerprint density at radius 2 is 2.07 bits per heavy atom. The van der Waals surface area contributed by atoms with E-state index in [1.54, 1.807) is 23.4 Å². The van der Waals surface area contributed by atoms with Crippen molar-refractivity contribution in [3.63, 3.8) is 0 Å². The lowest BCUT2D eigenvalue weighted by Crippen LogP contribution is -2.33. The van der Waals surface area contributed by atoms with Crippen LogP contribution in [0, 0.1) is 18.7 Å².